The molecule has 6 nitrogen and oxygen atoms in total. The molecule has 0 spiro atoms. The van der Waals surface area contributed by atoms with Gasteiger partial charge in [0.15, 0.2) is 17.2 Å². The molecule has 1 N–H and O–H groups in total. The Hall–Kier alpha value is -3.18. The van der Waals surface area contributed by atoms with E-state index in [1.165, 1.54) is 6.08 Å². The molecule has 0 saturated carbocycles. The lowest BCUT2D eigenvalue weighted by Crippen LogP contribution is -2.13. The molecule has 3 aromatic rings. The summed E-state index contributed by atoms with van der Waals surface area (Å²) in [6, 6.07) is 17.6. The summed E-state index contributed by atoms with van der Waals surface area (Å²) in [5, 5.41) is 12.6. The van der Waals surface area contributed by atoms with Gasteiger partial charge in [-0.2, -0.15) is 5.26 Å². The van der Waals surface area contributed by atoms with Gasteiger partial charge in [-0.15, -0.1) is 0 Å². The number of amides is 1. The third-order valence-corrected chi connectivity index (χ3v) is 5.71. The standard InChI is InChI=1S/C24H15BrCl2N2O4/c25-17-2-4-18(5-3-17)29-24(30)16(11-28)7-15-8-19(26)23(20(27)9-15)31-12-14-1-6-21-22(10-14)33-13-32-21/h1-10H,12-13H2,(H,29,30)/b16-7-. The fraction of sp³-hybridized carbons (Fsp3) is 0.0833. The molecule has 1 heterocycles. The Morgan fingerprint density at radius 1 is 1.09 bits per heavy atom. The van der Waals surface area contributed by atoms with Gasteiger partial charge in [0.2, 0.25) is 6.79 Å². The predicted molar refractivity (Wildman–Crippen MR) is 130 cm³/mol. The second-order valence-corrected chi connectivity index (χ2v) is 8.65. The van der Waals surface area contributed by atoms with Gasteiger partial charge in [0, 0.05) is 10.2 Å². The Balaban J connectivity index is 1.48. The Kier molecular flexibility index (Phi) is 7.09. The summed E-state index contributed by atoms with van der Waals surface area (Å²) < 4.78 is 17.3. The Morgan fingerprint density at radius 2 is 1.79 bits per heavy atom. The maximum atomic E-state index is 12.5. The lowest BCUT2D eigenvalue weighted by atomic mass is 10.1. The first-order valence-corrected chi connectivity index (χ1v) is 11.2. The van der Waals surface area contributed by atoms with Crippen LogP contribution in [0.2, 0.25) is 10.0 Å². The highest BCUT2D eigenvalue weighted by atomic mass is 79.9. The summed E-state index contributed by atoms with van der Waals surface area (Å²) >= 11 is 16.1. The fourth-order valence-corrected chi connectivity index (χ4v) is 3.91. The topological polar surface area (TPSA) is 80.6 Å². The van der Waals surface area contributed by atoms with Crippen LogP contribution in [0.4, 0.5) is 5.69 Å². The molecule has 166 valence electrons. The van der Waals surface area contributed by atoms with Crippen LogP contribution in [0.25, 0.3) is 6.08 Å². The first kappa shape index (κ1) is 23.0. The first-order chi connectivity index (χ1) is 15.9. The van der Waals surface area contributed by atoms with E-state index in [1.54, 1.807) is 42.5 Å². The molecule has 33 heavy (non-hydrogen) atoms. The van der Waals surface area contributed by atoms with Gasteiger partial charge in [0.1, 0.15) is 18.2 Å². The fourth-order valence-electron chi connectivity index (χ4n) is 3.03. The number of hydrogen-bond acceptors (Lipinski definition) is 5. The number of hydrogen-bond donors (Lipinski definition) is 1. The number of carbonyl (C=O) groups excluding carboxylic acids is 1. The third-order valence-electron chi connectivity index (χ3n) is 4.62. The van der Waals surface area contributed by atoms with E-state index < -0.39 is 5.91 Å². The van der Waals surface area contributed by atoms with Crippen molar-refractivity contribution in [2.75, 3.05) is 12.1 Å². The summed E-state index contributed by atoms with van der Waals surface area (Å²) in [5.41, 5.74) is 1.81. The van der Waals surface area contributed by atoms with E-state index in [9.17, 15) is 10.1 Å². The monoisotopic (exact) mass is 544 g/mol. The highest BCUT2D eigenvalue weighted by molar-refractivity contribution is 9.10. The van der Waals surface area contributed by atoms with E-state index in [0.717, 1.165) is 10.0 Å². The van der Waals surface area contributed by atoms with Gasteiger partial charge in [-0.05, 0) is 65.7 Å². The number of carbonyl (C=O) groups is 1. The molecule has 1 aliphatic rings. The molecule has 0 unspecified atom stereocenters. The van der Waals surface area contributed by atoms with E-state index in [0.29, 0.717) is 28.5 Å². The number of fused-ring (bicyclic) bond motifs is 1. The minimum atomic E-state index is -0.546. The molecule has 0 aliphatic carbocycles. The predicted octanol–water partition coefficient (Wildman–Crippen LogP) is 6.61. The molecule has 0 aromatic heterocycles. The molecule has 1 amide bonds. The number of rotatable bonds is 6. The number of halogens is 3. The zero-order chi connectivity index (χ0) is 23.4. The van der Waals surface area contributed by atoms with Crippen LogP contribution >= 0.6 is 39.1 Å². The maximum absolute atomic E-state index is 12.5. The van der Waals surface area contributed by atoms with E-state index in [4.69, 9.17) is 37.4 Å². The molecule has 9 heteroatoms. The average Bonchev–Trinajstić information content (AvgIpc) is 3.26. The van der Waals surface area contributed by atoms with Crippen molar-refractivity contribution in [1.29, 1.82) is 5.26 Å². The molecule has 3 aromatic carbocycles. The Bertz CT molecular complexity index is 1260. The number of anilines is 1. The van der Waals surface area contributed by atoms with Crippen LogP contribution in [0.5, 0.6) is 17.2 Å². The third kappa shape index (κ3) is 5.60. The molecule has 0 radical (unpaired) electrons. The molecule has 0 bridgehead atoms. The molecule has 0 saturated heterocycles. The van der Waals surface area contributed by atoms with Gasteiger partial charge < -0.3 is 19.5 Å². The lowest BCUT2D eigenvalue weighted by Gasteiger charge is -2.12. The smallest absolute Gasteiger partial charge is 0.266 e. The Morgan fingerprint density at radius 3 is 2.48 bits per heavy atom. The number of nitrogens with one attached hydrogen (secondary N) is 1. The van der Waals surface area contributed by atoms with E-state index in [1.807, 2.05) is 18.2 Å². The SMILES string of the molecule is N#C/C(=C/c1cc(Cl)c(OCc2ccc3c(c2)OCO3)c(Cl)c1)C(=O)Nc1ccc(Br)cc1. The zero-order valence-electron chi connectivity index (χ0n) is 16.9. The summed E-state index contributed by atoms with van der Waals surface area (Å²) in [5.74, 6) is 1.09. The Labute approximate surface area is 208 Å². The van der Waals surface area contributed by atoms with Crippen molar-refractivity contribution in [1.82, 2.24) is 0 Å². The van der Waals surface area contributed by atoms with E-state index in [-0.39, 0.29) is 29.0 Å². The normalized spacial score (nSPS) is 12.2. The van der Waals surface area contributed by atoms with Crippen molar-refractivity contribution in [3.05, 3.63) is 85.8 Å². The summed E-state index contributed by atoms with van der Waals surface area (Å²) in [7, 11) is 0. The van der Waals surface area contributed by atoms with Crippen molar-refractivity contribution < 1.29 is 19.0 Å². The largest absolute Gasteiger partial charge is 0.486 e. The summed E-state index contributed by atoms with van der Waals surface area (Å²) in [4.78, 5) is 12.5. The quantitative estimate of drug-likeness (QED) is 0.278. The first-order valence-electron chi connectivity index (χ1n) is 9.62. The van der Waals surface area contributed by atoms with Crippen molar-refractivity contribution in [3.8, 4) is 23.3 Å². The molecule has 0 fully saturated rings. The van der Waals surface area contributed by atoms with Gasteiger partial charge in [0.05, 0.1) is 10.0 Å². The number of ether oxygens (including phenoxy) is 3. The number of benzene rings is 3. The van der Waals surface area contributed by atoms with Crippen LogP contribution in [-0.4, -0.2) is 12.7 Å². The molecule has 1 aliphatic heterocycles. The van der Waals surface area contributed by atoms with Crippen molar-refractivity contribution >= 4 is 56.8 Å². The number of nitriles is 1. The van der Waals surface area contributed by atoms with Gasteiger partial charge >= 0.3 is 0 Å². The minimum absolute atomic E-state index is 0.0981. The summed E-state index contributed by atoms with van der Waals surface area (Å²) in [6.45, 7) is 0.405. The number of nitrogens with zero attached hydrogens (tertiary/aromatic N) is 1. The minimum Gasteiger partial charge on any atom is -0.486 e. The average molecular weight is 546 g/mol. The van der Waals surface area contributed by atoms with Gasteiger partial charge in [-0.1, -0.05) is 45.2 Å². The molecular formula is C24H15BrCl2N2O4. The van der Waals surface area contributed by atoms with Gasteiger partial charge in [-0.3, -0.25) is 4.79 Å². The maximum Gasteiger partial charge on any atom is 0.266 e. The van der Waals surface area contributed by atoms with Crippen LogP contribution in [0.3, 0.4) is 0 Å². The lowest BCUT2D eigenvalue weighted by molar-refractivity contribution is -0.112. The van der Waals surface area contributed by atoms with Crippen LogP contribution in [-0.2, 0) is 11.4 Å². The van der Waals surface area contributed by atoms with Gasteiger partial charge in [0.25, 0.3) is 5.91 Å². The highest BCUT2D eigenvalue weighted by Gasteiger charge is 2.16. The second kappa shape index (κ2) is 10.2. The highest BCUT2D eigenvalue weighted by Crippen LogP contribution is 2.37. The molecular weight excluding hydrogens is 531 g/mol. The zero-order valence-corrected chi connectivity index (χ0v) is 20.0. The van der Waals surface area contributed by atoms with Crippen LogP contribution in [0.15, 0.2) is 64.6 Å². The molecule has 4 rings (SSSR count). The van der Waals surface area contributed by atoms with Crippen molar-refractivity contribution in [2.24, 2.45) is 0 Å². The van der Waals surface area contributed by atoms with E-state index >= 15 is 0 Å². The van der Waals surface area contributed by atoms with Gasteiger partial charge in [-0.25, -0.2) is 0 Å². The summed E-state index contributed by atoms with van der Waals surface area (Å²) in [6.07, 6.45) is 1.41. The van der Waals surface area contributed by atoms with Crippen LogP contribution < -0.4 is 19.5 Å². The second-order valence-electron chi connectivity index (χ2n) is 6.92. The van der Waals surface area contributed by atoms with Crippen LogP contribution in [0, 0.1) is 11.3 Å². The van der Waals surface area contributed by atoms with Crippen LogP contribution in [0.1, 0.15) is 11.1 Å². The van der Waals surface area contributed by atoms with Crippen molar-refractivity contribution in [3.63, 3.8) is 0 Å². The van der Waals surface area contributed by atoms with E-state index in [2.05, 4.69) is 21.2 Å². The molecule has 0 atom stereocenters. The van der Waals surface area contributed by atoms with Crippen molar-refractivity contribution in [2.45, 2.75) is 6.61 Å².